The smallest absolute Gasteiger partial charge is 0.0223 e. The van der Waals surface area contributed by atoms with Gasteiger partial charge in [0, 0.05) is 17.6 Å². The highest BCUT2D eigenvalue weighted by Crippen LogP contribution is 2.39. The quantitative estimate of drug-likeness (QED) is 0.532. The maximum Gasteiger partial charge on any atom is 0.0223 e. The van der Waals surface area contributed by atoms with Crippen molar-refractivity contribution in [2.75, 3.05) is 6.54 Å². The van der Waals surface area contributed by atoms with Gasteiger partial charge in [0.05, 0.1) is 0 Å². The summed E-state index contributed by atoms with van der Waals surface area (Å²) in [5.41, 5.74) is 0.594. The number of fused-ring (bicyclic) bond motifs is 2. The van der Waals surface area contributed by atoms with Gasteiger partial charge >= 0.3 is 0 Å². The average Bonchev–Trinajstić information content (AvgIpc) is 2.27. The largest absolute Gasteiger partial charge is 0.311 e. The Morgan fingerprint density at radius 3 is 2.18 bits per heavy atom. The highest BCUT2D eigenvalue weighted by atomic mass is 15.1. The number of piperidine rings is 1. The minimum atomic E-state index is 0.594. The summed E-state index contributed by atoms with van der Waals surface area (Å²) in [7, 11) is 0. The summed E-state index contributed by atoms with van der Waals surface area (Å²) in [5.74, 6) is 0. The van der Waals surface area contributed by atoms with Gasteiger partial charge in [0.25, 0.3) is 0 Å². The molecular formula is C9H16N2. The number of hydrogen-bond donors (Lipinski definition) is 2. The van der Waals surface area contributed by atoms with Crippen molar-refractivity contribution in [1.82, 2.24) is 10.6 Å². The van der Waals surface area contributed by atoms with Gasteiger partial charge in [-0.3, -0.25) is 0 Å². The van der Waals surface area contributed by atoms with Gasteiger partial charge in [-0.1, -0.05) is 0 Å². The minimum absolute atomic E-state index is 0.594. The van der Waals surface area contributed by atoms with Crippen LogP contribution in [0.25, 0.3) is 0 Å². The molecule has 2 atom stereocenters. The zero-order valence-corrected chi connectivity index (χ0v) is 6.90. The molecule has 2 heteroatoms. The summed E-state index contributed by atoms with van der Waals surface area (Å²) in [6.45, 7) is 1.26. The molecule has 3 saturated heterocycles. The molecule has 1 spiro atoms. The Balaban J connectivity index is 1.80. The lowest BCUT2D eigenvalue weighted by atomic mass is 9.76. The Kier molecular flexibility index (Phi) is 1.16. The van der Waals surface area contributed by atoms with Crippen LogP contribution in [0.5, 0.6) is 0 Å². The second-order valence-electron chi connectivity index (χ2n) is 4.50. The zero-order valence-electron chi connectivity index (χ0n) is 6.90. The van der Waals surface area contributed by atoms with Gasteiger partial charge in [-0.25, -0.2) is 0 Å². The van der Waals surface area contributed by atoms with Gasteiger partial charge in [0.2, 0.25) is 0 Å². The second-order valence-corrected chi connectivity index (χ2v) is 4.50. The molecule has 0 aromatic carbocycles. The van der Waals surface area contributed by atoms with E-state index in [-0.39, 0.29) is 0 Å². The Morgan fingerprint density at radius 1 is 1.09 bits per heavy atom. The molecule has 0 radical (unpaired) electrons. The van der Waals surface area contributed by atoms with Gasteiger partial charge in [0.15, 0.2) is 0 Å². The fourth-order valence-electron chi connectivity index (χ4n) is 3.08. The fourth-order valence-corrected chi connectivity index (χ4v) is 3.08. The molecule has 3 heterocycles. The van der Waals surface area contributed by atoms with Gasteiger partial charge in [0.1, 0.15) is 0 Å². The molecule has 2 nitrogen and oxygen atoms in total. The Bertz CT molecular complexity index is 160. The molecule has 2 N–H and O–H groups in total. The summed E-state index contributed by atoms with van der Waals surface area (Å²) in [6.07, 6.45) is 7.07. The zero-order chi connectivity index (χ0) is 7.31. The van der Waals surface area contributed by atoms with Crippen molar-refractivity contribution in [1.29, 1.82) is 0 Å². The molecule has 2 bridgehead atoms. The number of hydrogen-bond acceptors (Lipinski definition) is 2. The molecule has 11 heavy (non-hydrogen) atoms. The van der Waals surface area contributed by atoms with Crippen LogP contribution in [0.3, 0.4) is 0 Å². The van der Waals surface area contributed by atoms with Crippen LogP contribution in [0.15, 0.2) is 0 Å². The molecule has 0 aromatic heterocycles. The average molecular weight is 152 g/mol. The van der Waals surface area contributed by atoms with Crippen molar-refractivity contribution < 1.29 is 0 Å². The van der Waals surface area contributed by atoms with Gasteiger partial charge in [-0.15, -0.1) is 0 Å². The summed E-state index contributed by atoms with van der Waals surface area (Å²) in [5, 5.41) is 7.30. The lowest BCUT2D eigenvalue weighted by Gasteiger charge is -2.49. The monoisotopic (exact) mass is 152 g/mol. The van der Waals surface area contributed by atoms with Crippen LogP contribution in [-0.2, 0) is 0 Å². The van der Waals surface area contributed by atoms with Crippen molar-refractivity contribution in [3.8, 4) is 0 Å². The summed E-state index contributed by atoms with van der Waals surface area (Å²) < 4.78 is 0. The topological polar surface area (TPSA) is 24.1 Å². The highest BCUT2D eigenvalue weighted by molar-refractivity contribution is 5.08. The van der Waals surface area contributed by atoms with E-state index in [2.05, 4.69) is 10.6 Å². The maximum atomic E-state index is 3.67. The molecule has 3 aliphatic heterocycles. The van der Waals surface area contributed by atoms with Crippen LogP contribution in [0.2, 0.25) is 0 Å². The third-order valence-electron chi connectivity index (χ3n) is 3.71. The first kappa shape index (κ1) is 6.44. The first-order valence-corrected chi connectivity index (χ1v) is 4.87. The minimum Gasteiger partial charge on any atom is -0.311 e. The van der Waals surface area contributed by atoms with E-state index in [1.54, 1.807) is 0 Å². The van der Waals surface area contributed by atoms with Crippen molar-refractivity contribution in [3.05, 3.63) is 0 Å². The van der Waals surface area contributed by atoms with Crippen LogP contribution >= 0.6 is 0 Å². The molecule has 0 aromatic rings. The Labute approximate surface area is 67.7 Å². The van der Waals surface area contributed by atoms with E-state index < -0.39 is 0 Å². The van der Waals surface area contributed by atoms with Crippen molar-refractivity contribution in [2.45, 2.75) is 49.7 Å². The first-order chi connectivity index (χ1) is 5.36. The summed E-state index contributed by atoms with van der Waals surface area (Å²) in [4.78, 5) is 0. The predicted molar refractivity (Wildman–Crippen MR) is 44.5 cm³/mol. The van der Waals surface area contributed by atoms with Crippen LogP contribution in [0, 0.1) is 0 Å². The van der Waals surface area contributed by atoms with Crippen LogP contribution in [0.4, 0.5) is 0 Å². The highest BCUT2D eigenvalue weighted by Gasteiger charge is 2.46. The van der Waals surface area contributed by atoms with Crippen LogP contribution < -0.4 is 10.6 Å². The third-order valence-corrected chi connectivity index (χ3v) is 3.71. The fraction of sp³-hybridized carbons (Fsp3) is 1.00. The predicted octanol–water partition coefficient (Wildman–Crippen LogP) is 0.633. The molecule has 0 saturated carbocycles. The van der Waals surface area contributed by atoms with E-state index in [9.17, 15) is 0 Å². The molecule has 3 fully saturated rings. The van der Waals surface area contributed by atoms with Gasteiger partial charge in [-0.2, -0.15) is 0 Å². The van der Waals surface area contributed by atoms with Crippen molar-refractivity contribution >= 4 is 0 Å². The molecule has 3 aliphatic rings. The number of nitrogens with one attached hydrogen (secondary N) is 2. The molecule has 3 rings (SSSR count). The van der Waals surface area contributed by atoms with Crippen molar-refractivity contribution in [3.63, 3.8) is 0 Å². The molecule has 0 amide bonds. The van der Waals surface area contributed by atoms with E-state index in [1.807, 2.05) is 0 Å². The number of rotatable bonds is 0. The van der Waals surface area contributed by atoms with Crippen LogP contribution in [0.1, 0.15) is 32.1 Å². The second kappa shape index (κ2) is 1.99. The summed E-state index contributed by atoms with van der Waals surface area (Å²) in [6, 6.07) is 1.70. The van der Waals surface area contributed by atoms with E-state index in [1.165, 1.54) is 38.6 Å². The van der Waals surface area contributed by atoms with E-state index in [4.69, 9.17) is 0 Å². The normalized spacial score (nSPS) is 54.5. The van der Waals surface area contributed by atoms with Gasteiger partial charge in [-0.05, 0) is 38.6 Å². The Morgan fingerprint density at radius 2 is 1.73 bits per heavy atom. The lowest BCUT2D eigenvalue weighted by molar-refractivity contribution is 0.123. The van der Waals surface area contributed by atoms with E-state index in [0.717, 1.165) is 12.1 Å². The maximum absolute atomic E-state index is 3.67. The Hall–Kier alpha value is -0.0800. The lowest BCUT2D eigenvalue weighted by Crippen LogP contribution is -2.63. The standard InChI is InChI=1S/C9H16N2/c1-2-8-6-9(3-4-10-9)5-7(1)11-8/h7-8,10-11H,1-6H2. The van der Waals surface area contributed by atoms with Crippen LogP contribution in [-0.4, -0.2) is 24.2 Å². The van der Waals surface area contributed by atoms with E-state index in [0.29, 0.717) is 5.54 Å². The van der Waals surface area contributed by atoms with Gasteiger partial charge < -0.3 is 10.6 Å². The molecule has 62 valence electrons. The third kappa shape index (κ3) is 0.859. The molecular weight excluding hydrogens is 136 g/mol. The molecule has 2 unspecified atom stereocenters. The van der Waals surface area contributed by atoms with Crippen molar-refractivity contribution in [2.24, 2.45) is 0 Å². The molecule has 0 aliphatic carbocycles. The summed E-state index contributed by atoms with van der Waals surface area (Å²) >= 11 is 0. The SMILES string of the molecule is C1CC2(CC3CCC(C2)N3)N1. The first-order valence-electron chi connectivity index (χ1n) is 4.87. The van der Waals surface area contributed by atoms with E-state index >= 15 is 0 Å².